The van der Waals surface area contributed by atoms with Crippen LogP contribution in [0.5, 0.6) is 0 Å². The van der Waals surface area contributed by atoms with Gasteiger partial charge in [-0.2, -0.15) is 0 Å². The van der Waals surface area contributed by atoms with Crippen LogP contribution < -0.4 is 15.4 Å². The van der Waals surface area contributed by atoms with E-state index in [1.165, 1.54) is 25.6 Å². The van der Waals surface area contributed by atoms with E-state index in [1.807, 2.05) is 0 Å². The van der Waals surface area contributed by atoms with Crippen LogP contribution in [0.1, 0.15) is 48.9 Å². The Hall–Kier alpha value is -1.64. The monoisotopic (exact) mass is 369 g/mol. The molecule has 0 aromatic heterocycles. The number of hydrogen-bond acceptors (Lipinski definition) is 5. The van der Waals surface area contributed by atoms with Gasteiger partial charge in [-0.15, -0.1) is 0 Å². The Morgan fingerprint density at radius 3 is 2.60 bits per heavy atom. The number of sulfonamides is 1. The maximum atomic E-state index is 12.5. The van der Waals surface area contributed by atoms with Gasteiger partial charge in [0.05, 0.1) is 10.5 Å². The van der Waals surface area contributed by atoms with E-state index in [9.17, 15) is 13.2 Å². The third kappa shape index (κ3) is 5.42. The van der Waals surface area contributed by atoms with Gasteiger partial charge in [0.15, 0.2) is 0 Å². The zero-order valence-electron chi connectivity index (χ0n) is 14.5. The lowest BCUT2D eigenvalue weighted by molar-refractivity contribution is 0.0951. The maximum absolute atomic E-state index is 12.5. The van der Waals surface area contributed by atoms with Crippen LogP contribution in [0.15, 0.2) is 23.1 Å². The molecule has 1 amide bonds. The van der Waals surface area contributed by atoms with Crippen molar-refractivity contribution < 1.29 is 18.3 Å². The van der Waals surface area contributed by atoms with E-state index in [-0.39, 0.29) is 17.4 Å². The van der Waals surface area contributed by atoms with Gasteiger partial charge in [-0.05, 0) is 44.5 Å². The molecule has 0 aliphatic heterocycles. The summed E-state index contributed by atoms with van der Waals surface area (Å²) in [6.07, 6.45) is 6.08. The highest BCUT2D eigenvalue weighted by atomic mass is 32.2. The van der Waals surface area contributed by atoms with E-state index >= 15 is 0 Å². The minimum absolute atomic E-state index is 0.0123. The number of anilines is 1. The van der Waals surface area contributed by atoms with Gasteiger partial charge in [-0.1, -0.05) is 19.3 Å². The lowest BCUT2D eigenvalue weighted by Crippen LogP contribution is -2.29. The first-order valence-electron chi connectivity index (χ1n) is 8.71. The number of nitrogens with one attached hydrogen (secondary N) is 3. The van der Waals surface area contributed by atoms with E-state index in [4.69, 9.17) is 5.11 Å². The number of aliphatic hydroxyl groups is 1. The molecule has 2 rings (SSSR count). The Bertz CT molecular complexity index is 685. The van der Waals surface area contributed by atoms with Gasteiger partial charge in [-0.3, -0.25) is 4.79 Å². The fourth-order valence-corrected chi connectivity index (χ4v) is 3.72. The van der Waals surface area contributed by atoms with Crippen LogP contribution in [0, 0.1) is 0 Å². The second-order valence-corrected chi connectivity index (χ2v) is 8.11. The minimum atomic E-state index is -3.63. The van der Waals surface area contributed by atoms with Crippen molar-refractivity contribution in [2.45, 2.75) is 49.5 Å². The first-order chi connectivity index (χ1) is 12.0. The Kier molecular flexibility index (Phi) is 7.22. The standard InChI is InChI=1S/C17H27N3O4S/c1-18-25(23,24)14-8-9-16(20-13-6-3-2-4-7-13)15(12-14)17(22)19-10-5-11-21/h8-9,12-13,18,20-21H,2-7,10-11H2,1H3,(H,19,22). The number of rotatable bonds is 8. The molecular weight excluding hydrogens is 342 g/mol. The predicted octanol–water partition coefficient (Wildman–Crippen LogP) is 1.45. The van der Waals surface area contributed by atoms with E-state index in [2.05, 4.69) is 15.4 Å². The molecule has 0 spiro atoms. The summed E-state index contributed by atoms with van der Waals surface area (Å²) in [7, 11) is -2.29. The van der Waals surface area contributed by atoms with Crippen LogP contribution in [0.2, 0.25) is 0 Å². The average Bonchev–Trinajstić information content (AvgIpc) is 2.63. The third-order valence-electron chi connectivity index (χ3n) is 4.40. The summed E-state index contributed by atoms with van der Waals surface area (Å²) in [5, 5.41) is 15.0. The normalized spacial score (nSPS) is 15.8. The van der Waals surface area contributed by atoms with E-state index in [1.54, 1.807) is 6.07 Å². The van der Waals surface area contributed by atoms with Gasteiger partial charge in [0, 0.05) is 24.9 Å². The summed E-state index contributed by atoms with van der Waals surface area (Å²) in [5.41, 5.74) is 0.947. The SMILES string of the molecule is CNS(=O)(=O)c1ccc(NC2CCCCC2)c(C(=O)NCCCO)c1. The maximum Gasteiger partial charge on any atom is 0.253 e. The van der Waals surface area contributed by atoms with Gasteiger partial charge in [0.25, 0.3) is 5.91 Å². The van der Waals surface area contributed by atoms with Crippen molar-refractivity contribution in [3.63, 3.8) is 0 Å². The van der Waals surface area contributed by atoms with Crippen molar-refractivity contribution in [3.8, 4) is 0 Å². The highest BCUT2D eigenvalue weighted by molar-refractivity contribution is 7.89. The van der Waals surface area contributed by atoms with Gasteiger partial charge >= 0.3 is 0 Å². The van der Waals surface area contributed by atoms with Crippen LogP contribution in [0.4, 0.5) is 5.69 Å². The number of amides is 1. The number of aliphatic hydroxyl groups excluding tert-OH is 1. The second-order valence-electron chi connectivity index (χ2n) is 6.23. The molecule has 7 nitrogen and oxygen atoms in total. The van der Waals surface area contributed by atoms with E-state index < -0.39 is 10.0 Å². The number of carbonyl (C=O) groups is 1. The van der Waals surface area contributed by atoms with Gasteiger partial charge in [-0.25, -0.2) is 13.1 Å². The van der Waals surface area contributed by atoms with Crippen LogP contribution in [-0.2, 0) is 10.0 Å². The van der Waals surface area contributed by atoms with Crippen LogP contribution >= 0.6 is 0 Å². The first-order valence-corrected chi connectivity index (χ1v) is 10.2. The molecule has 1 fully saturated rings. The molecular formula is C17H27N3O4S. The molecule has 1 aromatic carbocycles. The van der Waals surface area contributed by atoms with Crippen molar-refractivity contribution in [3.05, 3.63) is 23.8 Å². The van der Waals surface area contributed by atoms with Crippen LogP contribution in [0.3, 0.4) is 0 Å². The molecule has 0 bridgehead atoms. The molecule has 1 aliphatic rings. The second kappa shape index (κ2) is 9.17. The van der Waals surface area contributed by atoms with Crippen molar-refractivity contribution in [2.75, 3.05) is 25.5 Å². The highest BCUT2D eigenvalue weighted by Gasteiger charge is 2.20. The predicted molar refractivity (Wildman–Crippen MR) is 97.2 cm³/mol. The Labute approximate surface area is 149 Å². The molecule has 0 atom stereocenters. The van der Waals surface area contributed by atoms with Gasteiger partial charge in [0.2, 0.25) is 10.0 Å². The summed E-state index contributed by atoms with van der Waals surface area (Å²) in [6.45, 7) is 0.322. The van der Waals surface area contributed by atoms with Crippen molar-refractivity contribution >= 4 is 21.6 Å². The fourth-order valence-electron chi connectivity index (χ4n) is 2.97. The molecule has 140 valence electrons. The van der Waals surface area contributed by atoms with Crippen LogP contribution in [-0.4, -0.2) is 45.7 Å². The zero-order chi connectivity index (χ0) is 18.3. The number of benzene rings is 1. The Morgan fingerprint density at radius 2 is 1.96 bits per heavy atom. The molecule has 0 radical (unpaired) electrons. The van der Waals surface area contributed by atoms with Crippen molar-refractivity contribution in [2.24, 2.45) is 0 Å². The molecule has 8 heteroatoms. The first kappa shape index (κ1) is 19.7. The summed E-state index contributed by atoms with van der Waals surface area (Å²) >= 11 is 0. The fraction of sp³-hybridized carbons (Fsp3) is 0.588. The summed E-state index contributed by atoms with van der Waals surface area (Å²) in [6, 6.07) is 4.84. The number of hydrogen-bond donors (Lipinski definition) is 4. The number of carbonyl (C=O) groups excluding carboxylic acids is 1. The molecule has 0 saturated heterocycles. The molecule has 0 heterocycles. The zero-order valence-corrected chi connectivity index (χ0v) is 15.4. The lowest BCUT2D eigenvalue weighted by atomic mass is 9.95. The third-order valence-corrected chi connectivity index (χ3v) is 5.81. The van der Waals surface area contributed by atoms with Crippen LogP contribution in [0.25, 0.3) is 0 Å². The molecule has 4 N–H and O–H groups in total. The quantitative estimate of drug-likeness (QED) is 0.519. The Balaban J connectivity index is 2.27. The van der Waals surface area contributed by atoms with E-state index in [0.717, 1.165) is 25.7 Å². The molecule has 1 aromatic rings. The summed E-state index contributed by atoms with van der Waals surface area (Å²) in [5.74, 6) is -0.347. The summed E-state index contributed by atoms with van der Waals surface area (Å²) < 4.78 is 26.3. The summed E-state index contributed by atoms with van der Waals surface area (Å²) in [4.78, 5) is 12.6. The molecule has 25 heavy (non-hydrogen) atoms. The average molecular weight is 369 g/mol. The van der Waals surface area contributed by atoms with Gasteiger partial charge < -0.3 is 15.7 Å². The lowest BCUT2D eigenvalue weighted by Gasteiger charge is -2.25. The van der Waals surface area contributed by atoms with E-state index in [0.29, 0.717) is 30.3 Å². The molecule has 1 saturated carbocycles. The highest BCUT2D eigenvalue weighted by Crippen LogP contribution is 2.26. The molecule has 0 unspecified atom stereocenters. The van der Waals surface area contributed by atoms with Gasteiger partial charge in [0.1, 0.15) is 0 Å². The minimum Gasteiger partial charge on any atom is -0.396 e. The largest absolute Gasteiger partial charge is 0.396 e. The van der Waals surface area contributed by atoms with Crippen molar-refractivity contribution in [1.29, 1.82) is 0 Å². The topological polar surface area (TPSA) is 108 Å². The smallest absolute Gasteiger partial charge is 0.253 e. The molecule has 1 aliphatic carbocycles. The van der Waals surface area contributed by atoms with Crippen molar-refractivity contribution in [1.82, 2.24) is 10.0 Å². The Morgan fingerprint density at radius 1 is 1.24 bits per heavy atom.